The zero-order valence-corrected chi connectivity index (χ0v) is 18.2. The number of guanidine groups is 1. The van der Waals surface area contributed by atoms with E-state index in [0.29, 0.717) is 24.7 Å². The molecular weight excluding hydrogens is 386 g/mol. The van der Waals surface area contributed by atoms with Crippen LogP contribution in [0.15, 0.2) is 54.7 Å². The summed E-state index contributed by atoms with van der Waals surface area (Å²) in [5.74, 6) is 1.37. The fraction of sp³-hybridized carbons (Fsp3) is 0.333. The molecule has 1 unspecified atom stereocenters. The van der Waals surface area contributed by atoms with Crippen LogP contribution in [0, 0.1) is 29.7 Å². The van der Waals surface area contributed by atoms with Crippen molar-refractivity contribution in [3.05, 3.63) is 60.3 Å². The molecule has 0 saturated carbocycles. The highest BCUT2D eigenvalue weighted by Gasteiger charge is 2.34. The summed E-state index contributed by atoms with van der Waals surface area (Å²) in [4.78, 5) is 15.0. The van der Waals surface area contributed by atoms with Crippen LogP contribution in [-0.2, 0) is 0 Å². The second-order valence-corrected chi connectivity index (χ2v) is 8.26. The third-order valence-electron chi connectivity index (χ3n) is 5.82. The van der Waals surface area contributed by atoms with Gasteiger partial charge in [-0.3, -0.25) is 10.4 Å². The van der Waals surface area contributed by atoms with Gasteiger partial charge < -0.3 is 9.80 Å². The number of benzene rings is 2. The Morgan fingerprint density at radius 3 is 2.52 bits per heavy atom. The van der Waals surface area contributed by atoms with Gasteiger partial charge in [-0.05, 0) is 37.1 Å². The second-order valence-electron chi connectivity index (χ2n) is 8.26. The van der Waals surface area contributed by atoms with Gasteiger partial charge in [0.05, 0.1) is 29.0 Å². The number of piperazine rings is 1. The molecule has 0 radical (unpaired) electrons. The van der Waals surface area contributed by atoms with Crippen LogP contribution in [0.5, 0.6) is 0 Å². The maximum Gasteiger partial charge on any atom is 0.212 e. The number of anilines is 2. The molecule has 0 aliphatic carbocycles. The molecule has 2 heterocycles. The monoisotopic (exact) mass is 413 g/mol. The Bertz CT molecular complexity index is 1120. The summed E-state index contributed by atoms with van der Waals surface area (Å²) in [5, 5.41) is 18.6. The van der Waals surface area contributed by atoms with E-state index in [1.807, 2.05) is 66.6 Å². The molecule has 7 heteroatoms. The van der Waals surface area contributed by atoms with Crippen LogP contribution >= 0.6 is 0 Å². The molecule has 31 heavy (non-hydrogen) atoms. The molecule has 1 aliphatic heterocycles. The molecule has 1 fully saturated rings. The summed E-state index contributed by atoms with van der Waals surface area (Å²) in [7, 11) is 0. The number of aromatic nitrogens is 2. The van der Waals surface area contributed by atoms with Crippen molar-refractivity contribution in [1.29, 1.82) is 10.7 Å². The Morgan fingerprint density at radius 1 is 1.13 bits per heavy atom. The van der Waals surface area contributed by atoms with Gasteiger partial charge in [0.25, 0.3) is 0 Å². The first-order valence-electron chi connectivity index (χ1n) is 10.6. The lowest BCUT2D eigenvalue weighted by molar-refractivity contribution is 0.221. The molecule has 1 saturated heterocycles. The van der Waals surface area contributed by atoms with Gasteiger partial charge >= 0.3 is 0 Å². The van der Waals surface area contributed by atoms with Gasteiger partial charge in [0.1, 0.15) is 5.82 Å². The Kier molecular flexibility index (Phi) is 5.72. The minimum atomic E-state index is 0.0795. The zero-order chi connectivity index (χ0) is 22.0. The van der Waals surface area contributed by atoms with E-state index in [1.54, 1.807) is 0 Å². The average molecular weight is 414 g/mol. The summed E-state index contributed by atoms with van der Waals surface area (Å²) >= 11 is 0. The lowest BCUT2D eigenvalue weighted by atomic mass is 9.99. The van der Waals surface area contributed by atoms with Crippen LogP contribution in [0.1, 0.15) is 19.4 Å². The first-order chi connectivity index (χ1) is 15.0. The first kappa shape index (κ1) is 20.6. The van der Waals surface area contributed by atoms with Crippen molar-refractivity contribution >= 4 is 28.5 Å². The van der Waals surface area contributed by atoms with E-state index < -0.39 is 0 Å². The number of aryl methyl sites for hydroxylation is 1. The minimum Gasteiger partial charge on any atom is -0.351 e. The van der Waals surface area contributed by atoms with Gasteiger partial charge in [-0.15, -0.1) is 0 Å². The van der Waals surface area contributed by atoms with Gasteiger partial charge in [-0.25, -0.2) is 9.88 Å². The minimum absolute atomic E-state index is 0.0795. The molecule has 1 atom stereocenters. The van der Waals surface area contributed by atoms with Crippen molar-refractivity contribution in [3.8, 4) is 6.19 Å². The van der Waals surface area contributed by atoms with E-state index in [1.165, 1.54) is 4.90 Å². The zero-order valence-electron chi connectivity index (χ0n) is 18.2. The van der Waals surface area contributed by atoms with Gasteiger partial charge in [-0.1, -0.05) is 43.7 Å². The number of hydrogen-bond acceptors (Lipinski definition) is 5. The largest absolute Gasteiger partial charge is 0.351 e. The first-order valence-corrected chi connectivity index (χ1v) is 10.6. The van der Waals surface area contributed by atoms with Crippen LogP contribution in [-0.4, -0.2) is 46.5 Å². The Morgan fingerprint density at radius 2 is 1.84 bits per heavy atom. The molecule has 4 rings (SSSR count). The topological polar surface area (TPSA) is 83.1 Å². The number of fused-ring (bicyclic) bond motifs is 1. The van der Waals surface area contributed by atoms with Gasteiger partial charge in [0, 0.05) is 19.6 Å². The molecule has 1 N–H and O–H groups in total. The molecular formula is C24H27N7. The molecule has 7 nitrogen and oxygen atoms in total. The van der Waals surface area contributed by atoms with E-state index in [9.17, 15) is 5.26 Å². The fourth-order valence-corrected chi connectivity index (χ4v) is 4.00. The Labute approximate surface area is 183 Å². The molecule has 0 spiro atoms. The highest BCUT2D eigenvalue weighted by Crippen LogP contribution is 2.25. The standard InChI is InChI=1S/C24H27N7/c1-17(2)22-15-29(23-14-27-20-6-4-5-7-21(20)28-23)12-13-30(22)24(26)31(16-25)19-10-8-18(3)9-11-19/h4-11,14,17,22,26H,12-13,15H2,1-3H3. The van der Waals surface area contributed by atoms with Crippen molar-refractivity contribution in [3.63, 3.8) is 0 Å². The Balaban J connectivity index is 1.56. The average Bonchev–Trinajstić information content (AvgIpc) is 2.80. The van der Waals surface area contributed by atoms with Crippen LogP contribution in [0.2, 0.25) is 0 Å². The van der Waals surface area contributed by atoms with Crippen molar-refractivity contribution in [2.75, 3.05) is 29.4 Å². The van der Waals surface area contributed by atoms with Crippen molar-refractivity contribution in [2.45, 2.75) is 26.8 Å². The van der Waals surface area contributed by atoms with Crippen LogP contribution in [0.3, 0.4) is 0 Å². The maximum absolute atomic E-state index is 9.79. The van der Waals surface area contributed by atoms with Crippen molar-refractivity contribution in [1.82, 2.24) is 14.9 Å². The lowest BCUT2D eigenvalue weighted by Crippen LogP contribution is -2.60. The number of para-hydroxylation sites is 2. The third-order valence-corrected chi connectivity index (χ3v) is 5.82. The molecule has 1 aliphatic rings. The van der Waals surface area contributed by atoms with Gasteiger partial charge in [-0.2, -0.15) is 5.26 Å². The second kappa shape index (κ2) is 8.60. The molecule has 0 amide bonds. The number of hydrogen-bond donors (Lipinski definition) is 1. The molecule has 2 aromatic carbocycles. The molecule has 158 valence electrons. The predicted octanol–water partition coefficient (Wildman–Crippen LogP) is 4.01. The quantitative estimate of drug-likeness (QED) is 0.302. The summed E-state index contributed by atoms with van der Waals surface area (Å²) < 4.78 is 0. The highest BCUT2D eigenvalue weighted by atomic mass is 15.4. The number of nitriles is 1. The highest BCUT2D eigenvalue weighted by molar-refractivity contribution is 5.96. The molecule has 3 aromatic rings. The number of nitrogens with zero attached hydrogens (tertiary/aromatic N) is 6. The smallest absolute Gasteiger partial charge is 0.212 e. The summed E-state index contributed by atoms with van der Waals surface area (Å²) in [6, 6.07) is 15.6. The van der Waals surface area contributed by atoms with Crippen LogP contribution in [0.25, 0.3) is 11.0 Å². The van der Waals surface area contributed by atoms with Gasteiger partial charge in [0.2, 0.25) is 5.96 Å². The van der Waals surface area contributed by atoms with Crippen molar-refractivity contribution in [2.24, 2.45) is 5.92 Å². The number of nitrogens with one attached hydrogen (secondary N) is 1. The van der Waals surface area contributed by atoms with Crippen LogP contribution in [0.4, 0.5) is 11.5 Å². The van der Waals surface area contributed by atoms with E-state index in [-0.39, 0.29) is 12.0 Å². The summed E-state index contributed by atoms with van der Waals surface area (Å²) in [6.45, 7) is 8.40. The summed E-state index contributed by atoms with van der Waals surface area (Å²) in [6.07, 6.45) is 4.02. The van der Waals surface area contributed by atoms with E-state index in [0.717, 1.165) is 29.0 Å². The Hall–Kier alpha value is -3.66. The van der Waals surface area contributed by atoms with Crippen molar-refractivity contribution < 1.29 is 0 Å². The summed E-state index contributed by atoms with van der Waals surface area (Å²) in [5.41, 5.74) is 3.60. The lowest BCUT2D eigenvalue weighted by Gasteiger charge is -2.45. The maximum atomic E-state index is 9.79. The SMILES string of the molecule is Cc1ccc(N(C#N)C(=N)N2CCN(c3cnc4ccccc4n3)CC2C(C)C)cc1. The third kappa shape index (κ3) is 4.15. The number of rotatable bonds is 3. The molecule has 1 aromatic heterocycles. The predicted molar refractivity (Wildman–Crippen MR) is 124 cm³/mol. The van der Waals surface area contributed by atoms with E-state index in [2.05, 4.69) is 29.9 Å². The molecule has 0 bridgehead atoms. The fourth-order valence-electron chi connectivity index (χ4n) is 4.00. The van der Waals surface area contributed by atoms with Gasteiger partial charge in [0.15, 0.2) is 6.19 Å². The van der Waals surface area contributed by atoms with E-state index in [4.69, 9.17) is 10.4 Å². The van der Waals surface area contributed by atoms with E-state index >= 15 is 0 Å². The normalized spacial score (nSPS) is 16.4. The van der Waals surface area contributed by atoms with Crippen LogP contribution < -0.4 is 9.80 Å².